The van der Waals surface area contributed by atoms with Gasteiger partial charge >= 0.3 is 0 Å². The third-order valence-corrected chi connectivity index (χ3v) is 8.78. The molecule has 0 bridgehead atoms. The Labute approximate surface area is 164 Å². The number of azo groups is 1. The number of allylic oxidation sites excluding steroid dienone is 4. The highest BCUT2D eigenvalue weighted by Gasteiger charge is 2.33. The molecule has 28 heavy (non-hydrogen) atoms. The predicted octanol–water partition coefficient (Wildman–Crippen LogP) is 3.68. The van der Waals surface area contributed by atoms with E-state index in [0.717, 1.165) is 30.8 Å². The lowest BCUT2D eigenvalue weighted by Gasteiger charge is -2.31. The summed E-state index contributed by atoms with van der Waals surface area (Å²) in [4.78, 5) is 14.2. The van der Waals surface area contributed by atoms with E-state index in [1.165, 1.54) is 6.07 Å². The van der Waals surface area contributed by atoms with Gasteiger partial charge in [0.2, 0.25) is 0 Å². The first kappa shape index (κ1) is 19.2. The molecule has 2 aliphatic heterocycles. The van der Waals surface area contributed by atoms with Crippen LogP contribution in [0.15, 0.2) is 64.0 Å². The van der Waals surface area contributed by atoms with Gasteiger partial charge in [-0.25, -0.2) is 4.39 Å². The zero-order valence-corrected chi connectivity index (χ0v) is 16.7. The number of rotatable bonds is 4. The van der Waals surface area contributed by atoms with Gasteiger partial charge in [-0.15, -0.1) is 5.11 Å². The van der Waals surface area contributed by atoms with Crippen LogP contribution >= 0.6 is 7.14 Å². The number of hydrogen-bond donors (Lipinski definition) is 0. The third kappa shape index (κ3) is 3.59. The molecule has 0 saturated carbocycles. The van der Waals surface area contributed by atoms with E-state index in [1.54, 1.807) is 12.1 Å². The highest BCUT2D eigenvalue weighted by molar-refractivity contribution is 7.71. The molecule has 3 aliphatic rings. The molecule has 5 nitrogen and oxygen atoms in total. The maximum atomic E-state index is 14.6. The molecule has 1 fully saturated rings. The Kier molecular flexibility index (Phi) is 5.26. The highest BCUT2D eigenvalue weighted by atomic mass is 31.2. The van der Waals surface area contributed by atoms with Crippen molar-refractivity contribution in [2.45, 2.75) is 13.3 Å². The second-order valence-electron chi connectivity index (χ2n) is 7.40. The van der Waals surface area contributed by atoms with Gasteiger partial charge in [-0.1, -0.05) is 37.3 Å². The van der Waals surface area contributed by atoms with Crippen LogP contribution in [0.2, 0.25) is 0 Å². The van der Waals surface area contributed by atoms with Gasteiger partial charge in [0.15, 0.2) is 0 Å². The van der Waals surface area contributed by atoms with E-state index in [0.29, 0.717) is 29.7 Å². The summed E-state index contributed by atoms with van der Waals surface area (Å²) in [5, 5.41) is 8.21. The quantitative estimate of drug-likeness (QED) is 0.726. The summed E-state index contributed by atoms with van der Waals surface area (Å²) in [6.07, 6.45) is 8.84. The molecule has 146 valence electrons. The van der Waals surface area contributed by atoms with Gasteiger partial charge < -0.3 is 9.46 Å². The number of carbonyl (C=O) groups excluding carboxylic acids is 1. The SMILES string of the molecule is CCN1CCP(=O)(c2cc(CC3=C4C=CC=CC4C(=O)N=N3)ccc2F)CC1. The maximum Gasteiger partial charge on any atom is 0.275 e. The summed E-state index contributed by atoms with van der Waals surface area (Å²) in [6, 6.07) is 4.83. The number of nitrogens with zero attached hydrogens (tertiary/aromatic N) is 3. The summed E-state index contributed by atoms with van der Waals surface area (Å²) >= 11 is 0. The Balaban J connectivity index is 1.62. The van der Waals surface area contributed by atoms with Crippen molar-refractivity contribution in [2.24, 2.45) is 16.1 Å². The van der Waals surface area contributed by atoms with Crippen LogP contribution < -0.4 is 5.30 Å². The molecule has 1 aromatic rings. The summed E-state index contributed by atoms with van der Waals surface area (Å²) in [7, 11) is -2.74. The van der Waals surface area contributed by atoms with Gasteiger partial charge in [0.05, 0.1) is 11.6 Å². The van der Waals surface area contributed by atoms with Crippen molar-refractivity contribution in [3.8, 4) is 0 Å². The van der Waals surface area contributed by atoms with E-state index in [1.807, 2.05) is 24.3 Å². The number of halogens is 1. The summed E-state index contributed by atoms with van der Waals surface area (Å²) in [5.74, 6) is -1.06. The molecule has 2 heterocycles. The molecule has 7 heteroatoms. The summed E-state index contributed by atoms with van der Waals surface area (Å²) < 4.78 is 28.0. The number of amides is 1. The lowest BCUT2D eigenvalue weighted by atomic mass is 9.89. The Bertz CT molecular complexity index is 968. The van der Waals surface area contributed by atoms with E-state index >= 15 is 0 Å². The lowest BCUT2D eigenvalue weighted by Crippen LogP contribution is -2.37. The van der Waals surface area contributed by atoms with Crippen molar-refractivity contribution in [3.63, 3.8) is 0 Å². The van der Waals surface area contributed by atoms with Crippen LogP contribution in [0, 0.1) is 11.7 Å². The van der Waals surface area contributed by atoms with E-state index in [-0.39, 0.29) is 5.91 Å². The van der Waals surface area contributed by atoms with Crippen molar-refractivity contribution in [1.82, 2.24) is 4.90 Å². The van der Waals surface area contributed by atoms with E-state index in [2.05, 4.69) is 22.1 Å². The minimum Gasteiger partial charge on any atom is -0.318 e. The van der Waals surface area contributed by atoms with Crippen molar-refractivity contribution in [2.75, 3.05) is 32.0 Å². The normalized spacial score (nSPS) is 23.9. The van der Waals surface area contributed by atoms with Gasteiger partial charge in [-0.05, 0) is 29.8 Å². The van der Waals surface area contributed by atoms with E-state index < -0.39 is 18.9 Å². The van der Waals surface area contributed by atoms with Gasteiger partial charge in [0.1, 0.15) is 13.0 Å². The van der Waals surface area contributed by atoms with Crippen molar-refractivity contribution in [1.29, 1.82) is 0 Å². The average Bonchev–Trinajstić information content (AvgIpc) is 2.72. The van der Waals surface area contributed by atoms with Crippen LogP contribution in [0.5, 0.6) is 0 Å². The third-order valence-electron chi connectivity index (χ3n) is 5.72. The average molecular weight is 399 g/mol. The highest BCUT2D eigenvalue weighted by Crippen LogP contribution is 2.47. The molecule has 1 aliphatic carbocycles. The summed E-state index contributed by atoms with van der Waals surface area (Å²) in [6.45, 7) is 4.48. The van der Waals surface area contributed by atoms with Crippen molar-refractivity contribution < 1.29 is 13.8 Å². The van der Waals surface area contributed by atoms with E-state index in [9.17, 15) is 13.8 Å². The predicted molar refractivity (Wildman–Crippen MR) is 108 cm³/mol. The lowest BCUT2D eigenvalue weighted by molar-refractivity contribution is -0.120. The fourth-order valence-corrected chi connectivity index (χ4v) is 6.74. The van der Waals surface area contributed by atoms with Crippen LogP contribution in [-0.2, 0) is 15.8 Å². The second-order valence-corrected chi connectivity index (χ2v) is 10.6. The first-order chi connectivity index (χ1) is 13.5. The van der Waals surface area contributed by atoms with Crippen LogP contribution in [0.1, 0.15) is 12.5 Å². The minimum absolute atomic E-state index is 0.272. The molecule has 0 aromatic heterocycles. The standard InChI is InChI=1S/C21H23FN3O2P/c1-2-25-9-11-28(27,12-10-25)20-14-15(7-8-18(20)22)13-19-16-5-3-4-6-17(16)21(26)24-23-19/h3-8,14,17H,2,9-13H2,1H3. The van der Waals surface area contributed by atoms with Crippen LogP contribution in [0.25, 0.3) is 0 Å². The molecule has 0 radical (unpaired) electrons. The van der Waals surface area contributed by atoms with Gasteiger partial charge in [-0.3, -0.25) is 4.79 Å². The number of fused-ring (bicyclic) bond motifs is 1. The van der Waals surface area contributed by atoms with Crippen LogP contribution in [-0.4, -0.2) is 42.8 Å². The first-order valence-corrected chi connectivity index (χ1v) is 11.7. The molecule has 4 rings (SSSR count). The van der Waals surface area contributed by atoms with Crippen LogP contribution in [0.4, 0.5) is 4.39 Å². The van der Waals surface area contributed by atoms with E-state index in [4.69, 9.17) is 0 Å². The zero-order valence-electron chi connectivity index (χ0n) is 15.8. The number of hydrogen-bond acceptors (Lipinski definition) is 4. The van der Waals surface area contributed by atoms with Gasteiger partial charge in [0.25, 0.3) is 5.91 Å². The Morgan fingerprint density at radius 3 is 2.75 bits per heavy atom. The second kappa shape index (κ2) is 7.69. The molecule has 1 saturated heterocycles. The molecule has 0 N–H and O–H groups in total. The molecule has 1 aromatic carbocycles. The number of benzene rings is 1. The van der Waals surface area contributed by atoms with Crippen LogP contribution in [0.3, 0.4) is 0 Å². The van der Waals surface area contributed by atoms with Gasteiger partial charge in [-0.2, -0.15) is 5.11 Å². The monoisotopic (exact) mass is 399 g/mol. The fraction of sp³-hybridized carbons (Fsp3) is 0.381. The Morgan fingerprint density at radius 2 is 2.00 bits per heavy atom. The molecule has 0 spiro atoms. The summed E-state index contributed by atoms with van der Waals surface area (Å²) in [5.41, 5.74) is 2.36. The Hall–Kier alpha value is -2.17. The fourth-order valence-electron chi connectivity index (χ4n) is 3.96. The molecule has 1 amide bonds. The van der Waals surface area contributed by atoms with Crippen molar-refractivity contribution in [3.05, 3.63) is 65.2 Å². The molecule has 1 unspecified atom stereocenters. The molecular weight excluding hydrogens is 376 g/mol. The molecule has 1 atom stereocenters. The Morgan fingerprint density at radius 1 is 1.21 bits per heavy atom. The van der Waals surface area contributed by atoms with Crippen molar-refractivity contribution >= 4 is 18.4 Å². The zero-order chi connectivity index (χ0) is 19.7. The largest absolute Gasteiger partial charge is 0.318 e. The topological polar surface area (TPSA) is 62.1 Å². The van der Waals surface area contributed by atoms with Gasteiger partial charge in [0, 0.05) is 37.1 Å². The maximum absolute atomic E-state index is 14.6. The molecular formula is C21H23FN3O2P. The first-order valence-electron chi connectivity index (χ1n) is 9.63. The minimum atomic E-state index is -2.74. The smallest absolute Gasteiger partial charge is 0.275 e. The number of carbonyl (C=O) groups is 1.